The molecule has 0 spiro atoms. The van der Waals surface area contributed by atoms with E-state index >= 15 is 0 Å². The van der Waals surface area contributed by atoms with Gasteiger partial charge in [-0.15, -0.1) is 0 Å². The third-order valence-electron chi connectivity index (χ3n) is 4.50. The van der Waals surface area contributed by atoms with Gasteiger partial charge in [0.2, 0.25) is 0 Å². The van der Waals surface area contributed by atoms with Gasteiger partial charge in [0, 0.05) is 5.54 Å². The van der Waals surface area contributed by atoms with Crippen molar-refractivity contribution in [2.45, 2.75) is 64.8 Å². The van der Waals surface area contributed by atoms with Crippen molar-refractivity contribution in [1.82, 2.24) is 0 Å². The van der Waals surface area contributed by atoms with E-state index in [-0.39, 0.29) is 5.54 Å². The van der Waals surface area contributed by atoms with Gasteiger partial charge >= 0.3 is 0 Å². The van der Waals surface area contributed by atoms with Crippen LogP contribution in [0.2, 0.25) is 0 Å². The lowest BCUT2D eigenvalue weighted by Crippen LogP contribution is -2.42. The van der Waals surface area contributed by atoms with E-state index in [0.717, 1.165) is 31.6 Å². The Balaban J connectivity index is 1.90. The fourth-order valence-corrected chi connectivity index (χ4v) is 2.96. The summed E-state index contributed by atoms with van der Waals surface area (Å²) in [5, 5.41) is 0. The number of nitrogens with two attached hydrogens (primary N) is 1. The average Bonchev–Trinajstić information content (AvgIpc) is 2.36. The fourth-order valence-electron chi connectivity index (χ4n) is 2.96. The number of hydrogen-bond acceptors (Lipinski definition) is 2. The third-order valence-corrected chi connectivity index (χ3v) is 4.50. The molecule has 2 nitrogen and oxygen atoms in total. The normalized spacial score (nSPS) is 18.3. The number of rotatable bonds is 4. The molecular formula is C17H27NO. The highest BCUT2D eigenvalue weighted by molar-refractivity contribution is 5.40. The highest BCUT2D eigenvalue weighted by atomic mass is 16.5. The summed E-state index contributed by atoms with van der Waals surface area (Å²) in [7, 11) is 0. The summed E-state index contributed by atoms with van der Waals surface area (Å²) in [6.45, 7) is 7.12. The van der Waals surface area contributed by atoms with Crippen molar-refractivity contribution in [3.8, 4) is 5.75 Å². The summed E-state index contributed by atoms with van der Waals surface area (Å²) in [6.07, 6.45) is 7.18. The second-order valence-corrected chi connectivity index (χ2v) is 6.22. The van der Waals surface area contributed by atoms with Crippen LogP contribution in [0.5, 0.6) is 5.75 Å². The van der Waals surface area contributed by atoms with Gasteiger partial charge in [-0.2, -0.15) is 0 Å². The molecule has 0 atom stereocenters. The lowest BCUT2D eigenvalue weighted by atomic mass is 9.80. The zero-order chi connectivity index (χ0) is 13.9. The highest BCUT2D eigenvalue weighted by Gasteiger charge is 2.27. The zero-order valence-electron chi connectivity index (χ0n) is 12.6. The molecule has 2 heteroatoms. The van der Waals surface area contributed by atoms with Crippen LogP contribution in [0.4, 0.5) is 0 Å². The van der Waals surface area contributed by atoms with E-state index in [1.807, 2.05) is 0 Å². The molecule has 1 aliphatic carbocycles. The Morgan fingerprint density at radius 2 is 1.63 bits per heavy atom. The molecule has 106 valence electrons. The molecule has 0 aromatic heterocycles. The van der Waals surface area contributed by atoms with Crippen LogP contribution >= 0.6 is 0 Å². The van der Waals surface area contributed by atoms with Crippen LogP contribution in [0, 0.1) is 20.8 Å². The Morgan fingerprint density at radius 1 is 1.00 bits per heavy atom. The highest BCUT2D eigenvalue weighted by Crippen LogP contribution is 2.29. The molecule has 1 aromatic rings. The second-order valence-electron chi connectivity index (χ2n) is 6.22. The molecule has 1 aromatic carbocycles. The van der Waals surface area contributed by atoms with Crippen molar-refractivity contribution < 1.29 is 4.74 Å². The molecule has 1 aliphatic rings. The standard InChI is InChI=1S/C17H27NO/c1-13-11-15(3)16(12-14(13)2)19-10-9-17(18)7-5-4-6-8-17/h11-12H,4-10,18H2,1-3H3. The van der Waals surface area contributed by atoms with Gasteiger partial charge in [0.05, 0.1) is 6.61 Å². The van der Waals surface area contributed by atoms with Gasteiger partial charge in [0.1, 0.15) is 5.75 Å². The fraction of sp³-hybridized carbons (Fsp3) is 0.647. The Labute approximate surface area is 117 Å². The van der Waals surface area contributed by atoms with Crippen molar-refractivity contribution in [1.29, 1.82) is 0 Å². The summed E-state index contributed by atoms with van der Waals surface area (Å²) < 4.78 is 5.96. The summed E-state index contributed by atoms with van der Waals surface area (Å²) in [5.41, 5.74) is 10.3. The van der Waals surface area contributed by atoms with Crippen LogP contribution in [0.15, 0.2) is 12.1 Å². The molecule has 1 fully saturated rings. The smallest absolute Gasteiger partial charge is 0.122 e. The molecule has 19 heavy (non-hydrogen) atoms. The molecule has 2 N–H and O–H groups in total. The van der Waals surface area contributed by atoms with Crippen molar-refractivity contribution in [2.75, 3.05) is 6.61 Å². The summed E-state index contributed by atoms with van der Waals surface area (Å²) >= 11 is 0. The SMILES string of the molecule is Cc1cc(C)c(OCCC2(N)CCCCC2)cc1C. The third kappa shape index (κ3) is 3.73. The Kier molecular flexibility index (Phi) is 4.51. The van der Waals surface area contributed by atoms with Crippen LogP contribution in [-0.4, -0.2) is 12.1 Å². The van der Waals surface area contributed by atoms with E-state index in [4.69, 9.17) is 10.5 Å². The summed E-state index contributed by atoms with van der Waals surface area (Å²) in [5.74, 6) is 1.02. The second kappa shape index (κ2) is 5.96. The van der Waals surface area contributed by atoms with Crippen LogP contribution < -0.4 is 10.5 Å². The molecule has 0 amide bonds. The first-order valence-electron chi connectivity index (χ1n) is 7.50. The first-order chi connectivity index (χ1) is 9.00. The summed E-state index contributed by atoms with van der Waals surface area (Å²) in [4.78, 5) is 0. The molecule has 1 saturated carbocycles. The maximum atomic E-state index is 6.44. The average molecular weight is 261 g/mol. The van der Waals surface area contributed by atoms with Crippen molar-refractivity contribution in [3.05, 3.63) is 28.8 Å². The molecule has 0 saturated heterocycles. The molecule has 0 radical (unpaired) electrons. The lowest BCUT2D eigenvalue weighted by molar-refractivity contribution is 0.213. The Hall–Kier alpha value is -1.02. The molecule has 0 unspecified atom stereocenters. The van der Waals surface area contributed by atoms with Gasteiger partial charge in [-0.1, -0.05) is 25.3 Å². The number of benzene rings is 1. The van der Waals surface area contributed by atoms with Crippen LogP contribution in [-0.2, 0) is 0 Å². The number of aryl methyl sites for hydroxylation is 3. The van der Waals surface area contributed by atoms with Crippen molar-refractivity contribution in [3.63, 3.8) is 0 Å². The van der Waals surface area contributed by atoms with Gasteiger partial charge in [0.25, 0.3) is 0 Å². The largest absolute Gasteiger partial charge is 0.493 e. The van der Waals surface area contributed by atoms with Gasteiger partial charge < -0.3 is 10.5 Å². The maximum absolute atomic E-state index is 6.44. The van der Waals surface area contributed by atoms with E-state index in [9.17, 15) is 0 Å². The monoisotopic (exact) mass is 261 g/mol. The topological polar surface area (TPSA) is 35.2 Å². The Morgan fingerprint density at radius 3 is 2.32 bits per heavy atom. The van der Waals surface area contributed by atoms with E-state index < -0.39 is 0 Å². The quantitative estimate of drug-likeness (QED) is 0.887. The Bertz CT molecular complexity index is 433. The molecule has 0 heterocycles. The minimum atomic E-state index is 0.0197. The predicted octanol–water partition coefficient (Wildman–Crippen LogP) is 4.04. The minimum Gasteiger partial charge on any atom is -0.493 e. The molecule has 2 rings (SSSR count). The first-order valence-corrected chi connectivity index (χ1v) is 7.50. The van der Waals surface area contributed by atoms with Crippen LogP contribution in [0.1, 0.15) is 55.2 Å². The van der Waals surface area contributed by atoms with Crippen molar-refractivity contribution >= 4 is 0 Å². The molecular weight excluding hydrogens is 234 g/mol. The summed E-state index contributed by atoms with van der Waals surface area (Å²) in [6, 6.07) is 4.35. The number of hydrogen-bond donors (Lipinski definition) is 1. The minimum absolute atomic E-state index is 0.0197. The van der Waals surface area contributed by atoms with Gasteiger partial charge in [0.15, 0.2) is 0 Å². The van der Waals surface area contributed by atoms with Crippen molar-refractivity contribution in [2.24, 2.45) is 5.73 Å². The predicted molar refractivity (Wildman–Crippen MR) is 80.8 cm³/mol. The molecule has 0 bridgehead atoms. The van der Waals surface area contributed by atoms with E-state index in [0.29, 0.717) is 0 Å². The molecule has 0 aliphatic heterocycles. The lowest BCUT2D eigenvalue weighted by Gasteiger charge is -2.33. The van der Waals surface area contributed by atoms with Gasteiger partial charge in [-0.05, 0) is 62.8 Å². The van der Waals surface area contributed by atoms with Gasteiger partial charge in [-0.25, -0.2) is 0 Å². The van der Waals surface area contributed by atoms with Crippen LogP contribution in [0.25, 0.3) is 0 Å². The van der Waals surface area contributed by atoms with Gasteiger partial charge in [-0.3, -0.25) is 0 Å². The van der Waals surface area contributed by atoms with E-state index in [1.165, 1.54) is 36.0 Å². The first kappa shape index (κ1) is 14.4. The maximum Gasteiger partial charge on any atom is 0.122 e. The van der Waals surface area contributed by atoms with E-state index in [2.05, 4.69) is 32.9 Å². The van der Waals surface area contributed by atoms with E-state index in [1.54, 1.807) is 0 Å². The van der Waals surface area contributed by atoms with Crippen LogP contribution in [0.3, 0.4) is 0 Å². The number of ether oxygens (including phenoxy) is 1. The zero-order valence-corrected chi connectivity index (χ0v) is 12.6.